The van der Waals surface area contributed by atoms with Crippen LogP contribution in [0.4, 0.5) is 13.2 Å². The van der Waals surface area contributed by atoms with Gasteiger partial charge in [-0.25, -0.2) is 0 Å². The van der Waals surface area contributed by atoms with Gasteiger partial charge in [-0.2, -0.15) is 13.2 Å². The van der Waals surface area contributed by atoms with Crippen molar-refractivity contribution >= 4 is 5.78 Å². The second-order valence-corrected chi connectivity index (χ2v) is 3.26. The summed E-state index contributed by atoms with van der Waals surface area (Å²) in [6.07, 6.45) is -3.89. The largest absolute Gasteiger partial charge is 0.411 e. The van der Waals surface area contributed by atoms with Gasteiger partial charge in [-0.3, -0.25) is 4.79 Å². The predicted molar refractivity (Wildman–Crippen MR) is 47.5 cm³/mol. The fourth-order valence-electron chi connectivity index (χ4n) is 0.865. The van der Waals surface area contributed by atoms with Crippen molar-refractivity contribution in [1.29, 1.82) is 0 Å². The lowest BCUT2D eigenvalue weighted by molar-refractivity contribution is -0.176. The summed E-state index contributed by atoms with van der Waals surface area (Å²) in [5.74, 6) is -0.672. The van der Waals surface area contributed by atoms with E-state index in [-0.39, 0.29) is 11.7 Å². The van der Waals surface area contributed by atoms with Gasteiger partial charge in [-0.1, -0.05) is 6.92 Å². The van der Waals surface area contributed by atoms with Gasteiger partial charge in [0, 0.05) is 19.6 Å². The fraction of sp³-hybridized carbons (Fsp3) is 0.889. The second-order valence-electron chi connectivity index (χ2n) is 3.26. The van der Waals surface area contributed by atoms with Crippen LogP contribution in [0.15, 0.2) is 0 Å². The molecular weight excluding hydrogens is 213 g/mol. The zero-order chi connectivity index (χ0) is 11.9. The van der Waals surface area contributed by atoms with Crippen LogP contribution in [0.1, 0.15) is 13.3 Å². The fourth-order valence-corrected chi connectivity index (χ4v) is 0.865. The molecule has 0 aromatic rings. The molecule has 0 saturated heterocycles. The second kappa shape index (κ2) is 6.79. The molecule has 0 N–H and O–H groups in total. The molecule has 6 heteroatoms. The van der Waals surface area contributed by atoms with Gasteiger partial charge in [0.25, 0.3) is 0 Å². The third kappa shape index (κ3) is 8.38. The highest BCUT2D eigenvalue weighted by Crippen LogP contribution is 2.14. The van der Waals surface area contributed by atoms with Crippen molar-refractivity contribution in [2.24, 2.45) is 5.92 Å². The van der Waals surface area contributed by atoms with E-state index in [4.69, 9.17) is 4.74 Å². The zero-order valence-corrected chi connectivity index (χ0v) is 8.76. The van der Waals surface area contributed by atoms with E-state index >= 15 is 0 Å². The molecule has 0 aliphatic heterocycles. The summed E-state index contributed by atoms with van der Waals surface area (Å²) in [6, 6.07) is 0. The van der Waals surface area contributed by atoms with E-state index in [2.05, 4.69) is 4.74 Å². The molecule has 90 valence electrons. The van der Waals surface area contributed by atoms with Crippen molar-refractivity contribution in [3.05, 3.63) is 0 Å². The zero-order valence-electron chi connectivity index (χ0n) is 8.76. The number of ether oxygens (including phenoxy) is 2. The van der Waals surface area contributed by atoms with Gasteiger partial charge < -0.3 is 9.47 Å². The summed E-state index contributed by atoms with van der Waals surface area (Å²) in [4.78, 5) is 11.2. The molecule has 0 fully saturated rings. The molecule has 1 unspecified atom stereocenters. The first-order valence-electron chi connectivity index (χ1n) is 4.53. The summed E-state index contributed by atoms with van der Waals surface area (Å²) in [6.45, 7) is 0.171. The number of alkyl halides is 3. The minimum absolute atomic E-state index is 0.335. The van der Waals surface area contributed by atoms with Crippen molar-refractivity contribution in [3.63, 3.8) is 0 Å². The maximum absolute atomic E-state index is 11.7. The SMILES string of the molecule is COCCC(C)C(=O)COCC(F)(F)F. The molecule has 0 radical (unpaired) electrons. The Morgan fingerprint density at radius 3 is 2.47 bits per heavy atom. The number of carbonyl (C=O) groups excluding carboxylic acids is 1. The van der Waals surface area contributed by atoms with Gasteiger partial charge in [0.2, 0.25) is 0 Å². The normalized spacial score (nSPS) is 13.9. The number of halogens is 3. The number of carbonyl (C=O) groups is 1. The van der Waals surface area contributed by atoms with Gasteiger partial charge in [-0.15, -0.1) is 0 Å². The summed E-state index contributed by atoms with van der Waals surface area (Å²) in [5.41, 5.74) is 0. The first-order chi connectivity index (χ1) is 6.87. The van der Waals surface area contributed by atoms with Crippen LogP contribution in [0.2, 0.25) is 0 Å². The Hall–Kier alpha value is -0.620. The topological polar surface area (TPSA) is 35.5 Å². The van der Waals surface area contributed by atoms with Gasteiger partial charge in [0.05, 0.1) is 0 Å². The minimum atomic E-state index is -4.38. The Balaban J connectivity index is 3.64. The third-order valence-corrected chi connectivity index (χ3v) is 1.81. The lowest BCUT2D eigenvalue weighted by Gasteiger charge is -2.11. The molecule has 15 heavy (non-hydrogen) atoms. The summed E-state index contributed by atoms with van der Waals surface area (Å²) < 4.78 is 44.0. The highest BCUT2D eigenvalue weighted by Gasteiger charge is 2.28. The van der Waals surface area contributed by atoms with Crippen LogP contribution in [-0.2, 0) is 14.3 Å². The highest BCUT2D eigenvalue weighted by molar-refractivity contribution is 5.81. The van der Waals surface area contributed by atoms with E-state index in [9.17, 15) is 18.0 Å². The van der Waals surface area contributed by atoms with E-state index in [1.54, 1.807) is 6.92 Å². The number of ketones is 1. The molecule has 0 aliphatic carbocycles. The Morgan fingerprint density at radius 1 is 1.40 bits per heavy atom. The van der Waals surface area contributed by atoms with Crippen molar-refractivity contribution in [2.75, 3.05) is 26.9 Å². The molecular formula is C9H15F3O3. The molecule has 0 aromatic heterocycles. The molecule has 0 amide bonds. The summed E-state index contributed by atoms with van der Waals surface area (Å²) in [5, 5.41) is 0. The molecule has 0 bridgehead atoms. The van der Waals surface area contributed by atoms with E-state index < -0.39 is 19.4 Å². The first kappa shape index (κ1) is 14.4. The van der Waals surface area contributed by atoms with E-state index in [1.165, 1.54) is 7.11 Å². The smallest absolute Gasteiger partial charge is 0.385 e. The van der Waals surface area contributed by atoms with Crippen LogP contribution < -0.4 is 0 Å². The lowest BCUT2D eigenvalue weighted by Crippen LogP contribution is -2.23. The quantitative estimate of drug-likeness (QED) is 0.666. The molecule has 0 rings (SSSR count). The maximum Gasteiger partial charge on any atom is 0.411 e. The van der Waals surface area contributed by atoms with Crippen LogP contribution in [0, 0.1) is 5.92 Å². The van der Waals surface area contributed by atoms with Crippen molar-refractivity contribution < 1.29 is 27.4 Å². The molecule has 0 spiro atoms. The Bertz CT molecular complexity index is 192. The van der Waals surface area contributed by atoms with Crippen LogP contribution in [0.5, 0.6) is 0 Å². The molecule has 1 atom stereocenters. The number of hydrogen-bond donors (Lipinski definition) is 0. The number of hydrogen-bond acceptors (Lipinski definition) is 3. The summed E-state index contributed by atoms with van der Waals surface area (Å²) in [7, 11) is 1.50. The third-order valence-electron chi connectivity index (χ3n) is 1.81. The Kier molecular flexibility index (Phi) is 6.51. The lowest BCUT2D eigenvalue weighted by atomic mass is 10.0. The van der Waals surface area contributed by atoms with Crippen molar-refractivity contribution in [2.45, 2.75) is 19.5 Å². The van der Waals surface area contributed by atoms with Gasteiger partial charge in [0.15, 0.2) is 5.78 Å². The molecule has 0 heterocycles. The van der Waals surface area contributed by atoms with Crippen molar-refractivity contribution in [1.82, 2.24) is 0 Å². The molecule has 3 nitrogen and oxygen atoms in total. The van der Waals surface area contributed by atoms with Gasteiger partial charge in [0.1, 0.15) is 13.2 Å². The van der Waals surface area contributed by atoms with Crippen LogP contribution in [0.3, 0.4) is 0 Å². The van der Waals surface area contributed by atoms with Crippen LogP contribution in [0.25, 0.3) is 0 Å². The highest BCUT2D eigenvalue weighted by atomic mass is 19.4. The monoisotopic (exact) mass is 228 g/mol. The molecule has 0 aromatic carbocycles. The Morgan fingerprint density at radius 2 is 2.00 bits per heavy atom. The Labute approximate surface area is 86.5 Å². The average Bonchev–Trinajstić information content (AvgIpc) is 2.11. The van der Waals surface area contributed by atoms with Crippen LogP contribution in [-0.4, -0.2) is 38.9 Å². The number of rotatable bonds is 7. The minimum Gasteiger partial charge on any atom is -0.385 e. The maximum atomic E-state index is 11.7. The first-order valence-corrected chi connectivity index (χ1v) is 4.53. The summed E-state index contributed by atoms with van der Waals surface area (Å²) >= 11 is 0. The standard InChI is InChI=1S/C9H15F3O3/c1-7(3-4-14-2)8(13)5-15-6-9(10,11)12/h7H,3-6H2,1-2H3. The predicted octanol–water partition coefficient (Wildman–Crippen LogP) is 1.81. The number of methoxy groups -OCH3 is 1. The van der Waals surface area contributed by atoms with Crippen LogP contribution >= 0.6 is 0 Å². The molecule has 0 aliphatic rings. The molecule has 0 saturated carbocycles. The average molecular weight is 228 g/mol. The van der Waals surface area contributed by atoms with Crippen molar-refractivity contribution in [3.8, 4) is 0 Å². The van der Waals surface area contributed by atoms with E-state index in [0.29, 0.717) is 13.0 Å². The number of Topliss-reactive ketones (excluding diaryl/α,β-unsaturated/α-hetero) is 1. The van der Waals surface area contributed by atoms with E-state index in [1.807, 2.05) is 0 Å². The van der Waals surface area contributed by atoms with Gasteiger partial charge >= 0.3 is 6.18 Å². The van der Waals surface area contributed by atoms with Gasteiger partial charge in [-0.05, 0) is 6.42 Å². The van der Waals surface area contributed by atoms with E-state index in [0.717, 1.165) is 0 Å².